The fourth-order valence-electron chi connectivity index (χ4n) is 3.68. The third kappa shape index (κ3) is 3.90. The summed E-state index contributed by atoms with van der Waals surface area (Å²) in [7, 11) is 0. The fourth-order valence-corrected chi connectivity index (χ4v) is 3.68. The van der Waals surface area contributed by atoms with Crippen molar-refractivity contribution in [2.24, 2.45) is 0 Å². The molecule has 0 N–H and O–H groups in total. The van der Waals surface area contributed by atoms with Gasteiger partial charge in [0.2, 0.25) is 0 Å². The first kappa shape index (κ1) is 18.8. The quantitative estimate of drug-likeness (QED) is 0.287. The van der Waals surface area contributed by atoms with Gasteiger partial charge in [-0.1, -0.05) is 63.8 Å². The first-order valence-corrected chi connectivity index (χ1v) is 9.98. The van der Waals surface area contributed by atoms with Gasteiger partial charge in [0.15, 0.2) is 0 Å². The van der Waals surface area contributed by atoms with E-state index < -0.39 is 0 Å². The Morgan fingerprint density at radius 2 is 1.08 bits per heavy atom. The van der Waals surface area contributed by atoms with Crippen LogP contribution in [0.3, 0.4) is 0 Å². The Labute approximate surface area is 155 Å². The van der Waals surface area contributed by atoms with Crippen molar-refractivity contribution >= 4 is 21.5 Å². The maximum atomic E-state index is 15.0. The van der Waals surface area contributed by atoms with Crippen LogP contribution in [0.1, 0.15) is 63.5 Å². The summed E-state index contributed by atoms with van der Waals surface area (Å²) >= 11 is 0. The largest absolute Gasteiger partial charge is 0.206 e. The van der Waals surface area contributed by atoms with E-state index in [0.717, 1.165) is 73.3 Å². The van der Waals surface area contributed by atoms with Crippen molar-refractivity contribution in [1.82, 2.24) is 0 Å². The molecule has 0 atom stereocenters. The summed E-state index contributed by atoms with van der Waals surface area (Å²) in [6.45, 7) is 4.29. The summed E-state index contributed by atoms with van der Waals surface area (Å²) < 4.78 is 30.0. The van der Waals surface area contributed by atoms with Crippen molar-refractivity contribution in [1.29, 1.82) is 0 Å². The van der Waals surface area contributed by atoms with Gasteiger partial charge in [-0.3, -0.25) is 0 Å². The van der Waals surface area contributed by atoms with Gasteiger partial charge in [0.25, 0.3) is 0 Å². The minimum absolute atomic E-state index is 0.184. The van der Waals surface area contributed by atoms with Crippen LogP contribution in [0, 0.1) is 11.6 Å². The van der Waals surface area contributed by atoms with Crippen LogP contribution in [-0.4, -0.2) is 0 Å². The average Bonchev–Trinajstić information content (AvgIpc) is 2.65. The van der Waals surface area contributed by atoms with Crippen LogP contribution in [-0.2, 0) is 12.8 Å². The van der Waals surface area contributed by atoms with Crippen LogP contribution < -0.4 is 0 Å². The van der Waals surface area contributed by atoms with Crippen LogP contribution in [0.4, 0.5) is 8.78 Å². The Morgan fingerprint density at radius 1 is 0.615 bits per heavy atom. The average molecular weight is 354 g/mol. The Morgan fingerprint density at radius 3 is 1.50 bits per heavy atom. The van der Waals surface area contributed by atoms with E-state index in [0.29, 0.717) is 10.8 Å². The smallest absolute Gasteiger partial charge is 0.134 e. The molecule has 0 unspecified atom stereocenters. The van der Waals surface area contributed by atoms with Crippen molar-refractivity contribution in [3.63, 3.8) is 0 Å². The molecule has 0 aliphatic rings. The highest BCUT2D eigenvalue weighted by Gasteiger charge is 2.12. The van der Waals surface area contributed by atoms with Gasteiger partial charge in [0.1, 0.15) is 11.6 Å². The van der Waals surface area contributed by atoms with E-state index in [1.54, 1.807) is 6.07 Å². The third-order valence-corrected chi connectivity index (χ3v) is 5.29. The predicted octanol–water partition coefficient (Wildman–Crippen LogP) is 7.74. The number of benzene rings is 3. The highest BCUT2D eigenvalue weighted by molar-refractivity contribution is 5.99. The van der Waals surface area contributed by atoms with Gasteiger partial charge < -0.3 is 0 Å². The third-order valence-electron chi connectivity index (χ3n) is 5.29. The van der Waals surface area contributed by atoms with Gasteiger partial charge in [-0.05, 0) is 59.7 Å². The molecule has 0 heterocycles. The fraction of sp³-hybridized carbons (Fsp3) is 0.417. The van der Waals surface area contributed by atoms with E-state index in [1.165, 1.54) is 0 Å². The molecule has 0 saturated heterocycles. The molecule has 0 fully saturated rings. The van der Waals surface area contributed by atoms with Crippen molar-refractivity contribution in [3.8, 4) is 0 Å². The van der Waals surface area contributed by atoms with Gasteiger partial charge in [0, 0.05) is 10.8 Å². The maximum Gasteiger partial charge on any atom is 0.134 e. The molecule has 0 radical (unpaired) electrons. The first-order chi connectivity index (χ1) is 12.7. The topological polar surface area (TPSA) is 0 Å². The lowest BCUT2D eigenvalue weighted by molar-refractivity contribution is 0.607. The summed E-state index contributed by atoms with van der Waals surface area (Å²) in [4.78, 5) is 0. The van der Waals surface area contributed by atoms with Crippen LogP contribution in [0.15, 0.2) is 36.4 Å². The zero-order chi connectivity index (χ0) is 18.5. The molecular weight excluding hydrogens is 326 g/mol. The summed E-state index contributed by atoms with van der Waals surface area (Å²) in [5, 5.41) is 2.76. The molecule has 0 spiro atoms. The lowest BCUT2D eigenvalue weighted by Crippen LogP contribution is -1.95. The molecule has 0 saturated carbocycles. The Kier molecular flexibility index (Phi) is 6.24. The minimum atomic E-state index is -0.184. The summed E-state index contributed by atoms with van der Waals surface area (Å²) in [6, 6.07) is 11.3. The molecule has 0 aliphatic carbocycles. The number of halogens is 2. The number of hydrogen-bond acceptors (Lipinski definition) is 0. The van der Waals surface area contributed by atoms with Gasteiger partial charge in [0.05, 0.1) is 0 Å². The van der Waals surface area contributed by atoms with Gasteiger partial charge >= 0.3 is 0 Å². The lowest BCUT2D eigenvalue weighted by atomic mass is 9.96. The Hall–Kier alpha value is -1.96. The second-order valence-electron chi connectivity index (χ2n) is 7.29. The monoisotopic (exact) mass is 354 g/mol. The molecule has 0 amide bonds. The lowest BCUT2D eigenvalue weighted by Gasteiger charge is -2.11. The normalized spacial score (nSPS) is 11.5. The van der Waals surface area contributed by atoms with Crippen LogP contribution >= 0.6 is 0 Å². The molecule has 3 rings (SSSR count). The van der Waals surface area contributed by atoms with E-state index in [-0.39, 0.29) is 11.6 Å². The van der Waals surface area contributed by atoms with Crippen LogP contribution in [0.5, 0.6) is 0 Å². The zero-order valence-corrected chi connectivity index (χ0v) is 15.9. The first-order valence-electron chi connectivity index (χ1n) is 9.98. The van der Waals surface area contributed by atoms with Gasteiger partial charge in [-0.15, -0.1) is 0 Å². The van der Waals surface area contributed by atoms with Crippen molar-refractivity contribution in [2.45, 2.75) is 65.2 Å². The van der Waals surface area contributed by atoms with E-state index in [1.807, 2.05) is 30.3 Å². The van der Waals surface area contributed by atoms with Crippen LogP contribution in [0.2, 0.25) is 0 Å². The van der Waals surface area contributed by atoms with E-state index in [2.05, 4.69) is 13.8 Å². The van der Waals surface area contributed by atoms with Crippen molar-refractivity contribution < 1.29 is 8.78 Å². The number of fused-ring (bicyclic) bond motifs is 2. The van der Waals surface area contributed by atoms with Gasteiger partial charge in [-0.2, -0.15) is 0 Å². The molecule has 26 heavy (non-hydrogen) atoms. The second kappa shape index (κ2) is 8.62. The summed E-state index contributed by atoms with van der Waals surface area (Å²) in [5.41, 5.74) is 1.48. The number of unbranched alkanes of at least 4 members (excludes halogenated alkanes) is 4. The van der Waals surface area contributed by atoms with Crippen molar-refractivity contribution in [2.75, 3.05) is 0 Å². The summed E-state index contributed by atoms with van der Waals surface area (Å²) in [6.07, 6.45) is 7.90. The zero-order valence-electron chi connectivity index (χ0n) is 15.9. The molecule has 3 aromatic carbocycles. The number of rotatable bonds is 8. The van der Waals surface area contributed by atoms with E-state index in [4.69, 9.17) is 0 Å². The van der Waals surface area contributed by atoms with Gasteiger partial charge in [-0.25, -0.2) is 8.78 Å². The Bertz CT molecular complexity index is 825. The van der Waals surface area contributed by atoms with E-state index >= 15 is 0 Å². The minimum Gasteiger partial charge on any atom is -0.206 e. The number of hydrogen-bond donors (Lipinski definition) is 0. The summed E-state index contributed by atoms with van der Waals surface area (Å²) in [5.74, 6) is -0.368. The molecule has 0 aromatic heterocycles. The maximum absolute atomic E-state index is 15.0. The standard InChI is InChI=1S/C24H28F2/c1-3-5-7-9-17-11-13-19-15-20-14-12-18(10-8-6-4-2)24(26)22(20)16-21(19)23(17)25/h11-16H,3-10H2,1-2H3. The molecule has 0 bridgehead atoms. The Balaban J connectivity index is 2.02. The molecule has 138 valence electrons. The highest BCUT2D eigenvalue weighted by Crippen LogP contribution is 2.30. The second-order valence-corrected chi connectivity index (χ2v) is 7.29. The predicted molar refractivity (Wildman–Crippen MR) is 108 cm³/mol. The molecule has 0 nitrogen and oxygen atoms in total. The molecule has 3 aromatic rings. The number of aryl methyl sites for hydroxylation is 2. The molecular formula is C24H28F2. The van der Waals surface area contributed by atoms with Crippen LogP contribution in [0.25, 0.3) is 21.5 Å². The highest BCUT2D eigenvalue weighted by atomic mass is 19.1. The molecule has 2 heteroatoms. The van der Waals surface area contributed by atoms with Crippen molar-refractivity contribution in [3.05, 3.63) is 59.2 Å². The SMILES string of the molecule is CCCCCc1ccc2cc3ccc(CCCCC)c(F)c3cc2c1F. The van der Waals surface area contributed by atoms with E-state index in [9.17, 15) is 8.78 Å². The molecule has 0 aliphatic heterocycles.